The third kappa shape index (κ3) is 4.64. The van der Waals surface area contributed by atoms with E-state index in [4.69, 9.17) is 23.8 Å². The van der Waals surface area contributed by atoms with Gasteiger partial charge in [-0.25, -0.2) is 0 Å². The van der Waals surface area contributed by atoms with Crippen LogP contribution in [-0.4, -0.2) is 24.1 Å². The maximum atomic E-state index is 12.6. The summed E-state index contributed by atoms with van der Waals surface area (Å²) in [5, 5.41) is 6.82. The van der Waals surface area contributed by atoms with E-state index in [0.29, 0.717) is 10.6 Å². The Morgan fingerprint density at radius 3 is 2.23 bits per heavy atom. The van der Waals surface area contributed by atoms with Crippen LogP contribution < -0.4 is 15.5 Å². The van der Waals surface area contributed by atoms with Crippen LogP contribution in [0.15, 0.2) is 72.8 Å². The summed E-state index contributed by atoms with van der Waals surface area (Å²) in [6.45, 7) is 1.93. The van der Waals surface area contributed by atoms with Gasteiger partial charge in [0.15, 0.2) is 5.11 Å². The van der Waals surface area contributed by atoms with Gasteiger partial charge in [-0.15, -0.1) is 0 Å². The molecule has 1 aliphatic heterocycles. The van der Waals surface area contributed by atoms with Gasteiger partial charge in [0.25, 0.3) is 5.91 Å². The van der Waals surface area contributed by atoms with Crippen LogP contribution >= 0.6 is 23.8 Å². The minimum absolute atomic E-state index is 0.245. The maximum absolute atomic E-state index is 12.6. The first-order chi connectivity index (χ1) is 14.6. The van der Waals surface area contributed by atoms with Crippen molar-refractivity contribution in [3.8, 4) is 11.1 Å². The fraction of sp³-hybridized carbons (Fsp3) is 0.167. The smallest absolute Gasteiger partial charge is 0.257 e. The molecule has 0 saturated carbocycles. The van der Waals surface area contributed by atoms with Crippen LogP contribution in [0.5, 0.6) is 0 Å². The van der Waals surface area contributed by atoms with Gasteiger partial charge in [-0.05, 0) is 60.5 Å². The summed E-state index contributed by atoms with van der Waals surface area (Å²) in [4.78, 5) is 14.9. The van der Waals surface area contributed by atoms with Gasteiger partial charge in [0.1, 0.15) is 0 Å². The van der Waals surface area contributed by atoms with Crippen molar-refractivity contribution < 1.29 is 4.79 Å². The normalized spacial score (nSPS) is 13.2. The van der Waals surface area contributed by atoms with Crippen LogP contribution in [0.3, 0.4) is 0 Å². The second-order valence-corrected chi connectivity index (χ2v) is 8.00. The number of nitrogens with zero attached hydrogens (tertiary/aromatic N) is 1. The monoisotopic (exact) mass is 435 g/mol. The number of carbonyl (C=O) groups is 1. The Labute approximate surface area is 186 Å². The number of thiocarbonyl (C=S) groups is 1. The highest BCUT2D eigenvalue weighted by Gasteiger charge is 2.19. The highest BCUT2D eigenvalue weighted by Crippen LogP contribution is 2.35. The molecule has 6 heteroatoms. The molecule has 4 rings (SSSR count). The Kier molecular flexibility index (Phi) is 6.31. The van der Waals surface area contributed by atoms with E-state index >= 15 is 0 Å². The van der Waals surface area contributed by atoms with Gasteiger partial charge >= 0.3 is 0 Å². The predicted octanol–water partition coefficient (Wildman–Crippen LogP) is 5.73. The number of nitrogens with one attached hydrogen (secondary N) is 2. The van der Waals surface area contributed by atoms with Gasteiger partial charge in [0.2, 0.25) is 0 Å². The van der Waals surface area contributed by atoms with Crippen LogP contribution in [0.1, 0.15) is 23.2 Å². The Balaban J connectivity index is 1.43. The van der Waals surface area contributed by atoms with Crippen LogP contribution in [0.4, 0.5) is 11.4 Å². The lowest BCUT2D eigenvalue weighted by Crippen LogP contribution is -2.34. The highest BCUT2D eigenvalue weighted by molar-refractivity contribution is 7.80. The Bertz CT molecular complexity index is 1050. The molecular formula is C24H22ClN3OS. The summed E-state index contributed by atoms with van der Waals surface area (Å²) < 4.78 is 0. The van der Waals surface area contributed by atoms with Crippen molar-refractivity contribution in [2.75, 3.05) is 23.3 Å². The second-order valence-electron chi connectivity index (χ2n) is 7.18. The zero-order valence-corrected chi connectivity index (χ0v) is 18.0. The first kappa shape index (κ1) is 20.4. The molecular weight excluding hydrogens is 414 g/mol. The quantitative estimate of drug-likeness (QED) is 0.513. The molecule has 0 radical (unpaired) electrons. The number of benzene rings is 3. The number of halogens is 1. The molecule has 1 saturated heterocycles. The number of anilines is 2. The average Bonchev–Trinajstić information content (AvgIpc) is 3.29. The molecule has 152 valence electrons. The molecule has 0 unspecified atom stereocenters. The van der Waals surface area contributed by atoms with E-state index < -0.39 is 0 Å². The van der Waals surface area contributed by atoms with E-state index in [-0.39, 0.29) is 11.0 Å². The third-order valence-electron chi connectivity index (χ3n) is 5.14. The average molecular weight is 436 g/mol. The molecule has 0 spiro atoms. The van der Waals surface area contributed by atoms with Gasteiger partial charge in [-0.1, -0.05) is 60.1 Å². The molecule has 0 aromatic heterocycles. The fourth-order valence-corrected chi connectivity index (χ4v) is 4.15. The number of rotatable bonds is 4. The standard InChI is InChI=1S/C24H22ClN3OS/c25-20-9-6-10-21(22(20)28-15-4-5-16-28)26-24(30)27-23(29)19-13-11-18(12-14-19)17-7-2-1-3-8-17/h1-3,6-14H,4-5,15-16H2,(H2,26,27,29,30). The third-order valence-corrected chi connectivity index (χ3v) is 5.65. The first-order valence-corrected chi connectivity index (χ1v) is 10.7. The molecule has 2 N–H and O–H groups in total. The van der Waals surface area contributed by atoms with E-state index in [1.54, 1.807) is 12.1 Å². The SMILES string of the molecule is O=C(NC(=S)Nc1cccc(Cl)c1N1CCCC1)c1ccc(-c2ccccc2)cc1. The maximum Gasteiger partial charge on any atom is 0.257 e. The van der Waals surface area contributed by atoms with Crippen molar-refractivity contribution >= 4 is 46.2 Å². The molecule has 1 fully saturated rings. The molecule has 3 aromatic carbocycles. The van der Waals surface area contributed by atoms with Crippen LogP contribution in [-0.2, 0) is 0 Å². The van der Waals surface area contributed by atoms with Gasteiger partial charge in [-0.3, -0.25) is 10.1 Å². The van der Waals surface area contributed by atoms with Crippen molar-refractivity contribution in [3.05, 3.63) is 83.4 Å². The van der Waals surface area contributed by atoms with Gasteiger partial charge in [-0.2, -0.15) is 0 Å². The predicted molar refractivity (Wildman–Crippen MR) is 128 cm³/mol. The number of hydrogen-bond donors (Lipinski definition) is 2. The van der Waals surface area contributed by atoms with E-state index in [0.717, 1.165) is 48.4 Å². The van der Waals surface area contributed by atoms with E-state index in [1.807, 2.05) is 60.7 Å². The Hall–Kier alpha value is -2.89. The van der Waals surface area contributed by atoms with E-state index in [1.165, 1.54) is 0 Å². The summed E-state index contributed by atoms with van der Waals surface area (Å²) in [5.41, 5.74) is 4.44. The van der Waals surface area contributed by atoms with Crippen LogP contribution in [0, 0.1) is 0 Å². The largest absolute Gasteiger partial charge is 0.369 e. The first-order valence-electron chi connectivity index (χ1n) is 9.93. The number of para-hydroxylation sites is 1. The summed E-state index contributed by atoms with van der Waals surface area (Å²) in [6, 6.07) is 23.2. The zero-order valence-electron chi connectivity index (χ0n) is 16.4. The second kappa shape index (κ2) is 9.28. The molecule has 4 nitrogen and oxygen atoms in total. The molecule has 1 aliphatic rings. The lowest BCUT2D eigenvalue weighted by molar-refractivity contribution is 0.0978. The molecule has 0 aliphatic carbocycles. The summed E-state index contributed by atoms with van der Waals surface area (Å²) >= 11 is 11.8. The minimum atomic E-state index is -0.253. The van der Waals surface area contributed by atoms with Gasteiger partial charge < -0.3 is 10.2 Å². The molecule has 1 heterocycles. The van der Waals surface area contributed by atoms with Crippen molar-refractivity contribution in [1.29, 1.82) is 0 Å². The van der Waals surface area contributed by atoms with Crippen molar-refractivity contribution in [2.45, 2.75) is 12.8 Å². The van der Waals surface area contributed by atoms with E-state index in [9.17, 15) is 4.79 Å². The zero-order chi connectivity index (χ0) is 20.9. The van der Waals surface area contributed by atoms with Crippen LogP contribution in [0.25, 0.3) is 11.1 Å². The van der Waals surface area contributed by atoms with Gasteiger partial charge in [0.05, 0.1) is 16.4 Å². The molecule has 1 amide bonds. The fourth-order valence-electron chi connectivity index (χ4n) is 3.65. The molecule has 0 bridgehead atoms. The minimum Gasteiger partial charge on any atom is -0.369 e. The van der Waals surface area contributed by atoms with Gasteiger partial charge in [0, 0.05) is 18.7 Å². The highest BCUT2D eigenvalue weighted by atomic mass is 35.5. The van der Waals surface area contributed by atoms with E-state index in [2.05, 4.69) is 15.5 Å². The van der Waals surface area contributed by atoms with Crippen molar-refractivity contribution in [1.82, 2.24) is 5.32 Å². The van der Waals surface area contributed by atoms with Crippen LogP contribution in [0.2, 0.25) is 5.02 Å². The molecule has 3 aromatic rings. The molecule has 30 heavy (non-hydrogen) atoms. The Morgan fingerprint density at radius 1 is 0.867 bits per heavy atom. The number of carbonyl (C=O) groups excluding carboxylic acids is 1. The number of hydrogen-bond acceptors (Lipinski definition) is 3. The number of amides is 1. The lowest BCUT2D eigenvalue weighted by atomic mass is 10.0. The van der Waals surface area contributed by atoms with Crippen molar-refractivity contribution in [3.63, 3.8) is 0 Å². The molecule has 0 atom stereocenters. The lowest BCUT2D eigenvalue weighted by Gasteiger charge is -2.23. The summed E-state index contributed by atoms with van der Waals surface area (Å²) in [6.07, 6.45) is 2.29. The van der Waals surface area contributed by atoms with Crippen molar-refractivity contribution in [2.24, 2.45) is 0 Å². The summed E-state index contributed by atoms with van der Waals surface area (Å²) in [7, 11) is 0. The Morgan fingerprint density at radius 2 is 1.53 bits per heavy atom. The topological polar surface area (TPSA) is 44.4 Å². The summed E-state index contributed by atoms with van der Waals surface area (Å²) in [5.74, 6) is -0.253.